The van der Waals surface area contributed by atoms with Crippen molar-refractivity contribution >= 4 is 11.8 Å². The molecule has 132 valence electrons. The summed E-state index contributed by atoms with van der Waals surface area (Å²) in [5, 5.41) is 3.96. The zero-order valence-electron chi connectivity index (χ0n) is 14.1. The van der Waals surface area contributed by atoms with Crippen LogP contribution in [-0.4, -0.2) is 39.9 Å². The molecule has 2 heterocycles. The molecule has 1 fully saturated rings. The number of nitrogens with zero attached hydrogens (tertiary/aromatic N) is 3. The zero-order chi connectivity index (χ0) is 17.6. The molecule has 1 aromatic carbocycles. The highest BCUT2D eigenvalue weighted by atomic mass is 16.5. The van der Waals surface area contributed by atoms with Gasteiger partial charge in [-0.2, -0.15) is 4.98 Å². The SMILES string of the molecule is NC(=O)[C@@H]1CCCN(C(=O)CCc2nc(Cc3ccccc3)no2)C1. The maximum absolute atomic E-state index is 12.3. The van der Waals surface area contributed by atoms with E-state index in [4.69, 9.17) is 10.3 Å². The smallest absolute Gasteiger partial charge is 0.227 e. The fourth-order valence-corrected chi connectivity index (χ4v) is 3.05. The van der Waals surface area contributed by atoms with Crippen LogP contribution in [0.4, 0.5) is 0 Å². The van der Waals surface area contributed by atoms with Gasteiger partial charge in [0.2, 0.25) is 17.7 Å². The van der Waals surface area contributed by atoms with Crippen molar-refractivity contribution in [1.82, 2.24) is 15.0 Å². The minimum atomic E-state index is -0.333. The number of carbonyl (C=O) groups excluding carboxylic acids is 2. The number of aromatic nitrogens is 2. The van der Waals surface area contributed by atoms with Gasteiger partial charge in [0.1, 0.15) is 0 Å². The lowest BCUT2D eigenvalue weighted by Crippen LogP contribution is -2.44. The van der Waals surface area contributed by atoms with Crippen LogP contribution in [0.25, 0.3) is 0 Å². The van der Waals surface area contributed by atoms with Gasteiger partial charge in [-0.1, -0.05) is 35.5 Å². The molecule has 0 saturated carbocycles. The van der Waals surface area contributed by atoms with Crippen LogP contribution in [0, 0.1) is 5.92 Å². The lowest BCUT2D eigenvalue weighted by Gasteiger charge is -2.31. The highest BCUT2D eigenvalue weighted by Gasteiger charge is 2.26. The molecular formula is C18H22N4O3. The number of carbonyl (C=O) groups is 2. The molecule has 2 aromatic rings. The summed E-state index contributed by atoms with van der Waals surface area (Å²) in [6, 6.07) is 9.90. The standard InChI is InChI=1S/C18H22N4O3/c19-18(24)14-7-4-10-22(12-14)17(23)9-8-16-20-15(21-25-16)11-13-5-2-1-3-6-13/h1-3,5-6,14H,4,7-12H2,(H2,19,24)/t14-/m1/s1. The fourth-order valence-electron chi connectivity index (χ4n) is 3.05. The average Bonchev–Trinajstić information content (AvgIpc) is 3.08. The van der Waals surface area contributed by atoms with Gasteiger partial charge in [0.15, 0.2) is 5.82 Å². The predicted octanol–water partition coefficient (Wildman–Crippen LogP) is 1.32. The Morgan fingerprint density at radius 2 is 2.08 bits per heavy atom. The summed E-state index contributed by atoms with van der Waals surface area (Å²) in [5.41, 5.74) is 6.46. The topological polar surface area (TPSA) is 102 Å². The molecule has 1 saturated heterocycles. The van der Waals surface area contributed by atoms with Gasteiger partial charge in [-0.05, 0) is 18.4 Å². The number of aryl methyl sites for hydroxylation is 1. The van der Waals surface area contributed by atoms with Crippen molar-refractivity contribution in [2.24, 2.45) is 11.7 Å². The molecule has 0 radical (unpaired) electrons. The highest BCUT2D eigenvalue weighted by Crippen LogP contribution is 2.17. The van der Waals surface area contributed by atoms with Crippen LogP contribution in [-0.2, 0) is 22.4 Å². The molecule has 0 bridgehead atoms. The Bertz CT molecular complexity index is 729. The number of piperidine rings is 1. The third-order valence-corrected chi connectivity index (χ3v) is 4.44. The molecule has 0 unspecified atom stereocenters. The quantitative estimate of drug-likeness (QED) is 0.853. The molecule has 2 amide bonds. The van der Waals surface area contributed by atoms with Crippen molar-refractivity contribution in [3.63, 3.8) is 0 Å². The molecule has 2 N–H and O–H groups in total. The maximum atomic E-state index is 12.3. The molecule has 0 spiro atoms. The number of nitrogens with two attached hydrogens (primary N) is 1. The van der Waals surface area contributed by atoms with Crippen molar-refractivity contribution in [3.8, 4) is 0 Å². The Morgan fingerprint density at radius 3 is 2.84 bits per heavy atom. The summed E-state index contributed by atoms with van der Waals surface area (Å²) in [7, 11) is 0. The van der Waals surface area contributed by atoms with Gasteiger partial charge >= 0.3 is 0 Å². The van der Waals surface area contributed by atoms with Gasteiger partial charge in [0, 0.05) is 32.4 Å². The van der Waals surface area contributed by atoms with Gasteiger partial charge in [0.05, 0.1) is 5.92 Å². The van der Waals surface area contributed by atoms with E-state index in [1.165, 1.54) is 0 Å². The molecule has 7 heteroatoms. The van der Waals surface area contributed by atoms with Gasteiger partial charge < -0.3 is 15.2 Å². The Kier molecular flexibility index (Phi) is 5.42. The fraction of sp³-hybridized carbons (Fsp3) is 0.444. The average molecular weight is 342 g/mol. The molecule has 1 aliphatic rings. The second-order valence-electron chi connectivity index (χ2n) is 6.35. The Hall–Kier alpha value is -2.70. The number of likely N-dealkylation sites (tertiary alicyclic amines) is 1. The lowest BCUT2D eigenvalue weighted by molar-refractivity contribution is -0.135. The Labute approximate surface area is 146 Å². The van der Waals surface area contributed by atoms with E-state index in [0.717, 1.165) is 18.4 Å². The summed E-state index contributed by atoms with van der Waals surface area (Å²) in [5.74, 6) is 0.496. The third-order valence-electron chi connectivity index (χ3n) is 4.44. The van der Waals surface area contributed by atoms with Crippen LogP contribution in [0.5, 0.6) is 0 Å². The summed E-state index contributed by atoms with van der Waals surface area (Å²) >= 11 is 0. The molecule has 7 nitrogen and oxygen atoms in total. The zero-order valence-corrected chi connectivity index (χ0v) is 14.1. The molecule has 3 rings (SSSR count). The minimum Gasteiger partial charge on any atom is -0.369 e. The summed E-state index contributed by atoms with van der Waals surface area (Å²) in [6.45, 7) is 1.09. The second kappa shape index (κ2) is 7.92. The molecule has 0 aliphatic carbocycles. The molecule has 25 heavy (non-hydrogen) atoms. The number of amides is 2. The van der Waals surface area contributed by atoms with E-state index in [0.29, 0.717) is 44.1 Å². The molecule has 1 aliphatic heterocycles. The highest BCUT2D eigenvalue weighted by molar-refractivity contribution is 5.80. The van der Waals surface area contributed by atoms with Crippen molar-refractivity contribution in [2.75, 3.05) is 13.1 Å². The first-order chi connectivity index (χ1) is 12.1. The van der Waals surface area contributed by atoms with Gasteiger partial charge in [-0.3, -0.25) is 9.59 Å². The van der Waals surface area contributed by atoms with Crippen LogP contribution in [0.1, 0.15) is 36.5 Å². The second-order valence-corrected chi connectivity index (χ2v) is 6.35. The van der Waals surface area contributed by atoms with E-state index in [1.54, 1.807) is 4.90 Å². The van der Waals surface area contributed by atoms with Crippen molar-refractivity contribution in [3.05, 3.63) is 47.6 Å². The van der Waals surface area contributed by atoms with Gasteiger partial charge in [-0.15, -0.1) is 0 Å². The van der Waals surface area contributed by atoms with Crippen LogP contribution >= 0.6 is 0 Å². The normalized spacial score (nSPS) is 17.4. The van der Waals surface area contributed by atoms with Crippen LogP contribution in [0.2, 0.25) is 0 Å². The monoisotopic (exact) mass is 342 g/mol. The number of rotatable bonds is 6. The van der Waals surface area contributed by atoms with E-state index in [2.05, 4.69) is 10.1 Å². The van der Waals surface area contributed by atoms with E-state index < -0.39 is 0 Å². The Morgan fingerprint density at radius 1 is 1.28 bits per heavy atom. The van der Waals surface area contributed by atoms with Crippen LogP contribution in [0.3, 0.4) is 0 Å². The first-order valence-electron chi connectivity index (χ1n) is 8.54. The first kappa shape index (κ1) is 17.1. The molecular weight excluding hydrogens is 320 g/mol. The first-order valence-corrected chi connectivity index (χ1v) is 8.54. The predicted molar refractivity (Wildman–Crippen MR) is 90.4 cm³/mol. The number of primary amides is 1. The number of hydrogen-bond donors (Lipinski definition) is 1. The molecule has 1 atom stereocenters. The summed E-state index contributed by atoms with van der Waals surface area (Å²) in [6.07, 6.45) is 2.86. The largest absolute Gasteiger partial charge is 0.369 e. The maximum Gasteiger partial charge on any atom is 0.227 e. The van der Waals surface area contributed by atoms with Crippen LogP contribution < -0.4 is 5.73 Å². The van der Waals surface area contributed by atoms with E-state index in [1.807, 2.05) is 30.3 Å². The van der Waals surface area contributed by atoms with E-state index >= 15 is 0 Å². The number of benzene rings is 1. The molecule has 1 aromatic heterocycles. The summed E-state index contributed by atoms with van der Waals surface area (Å²) in [4.78, 5) is 29.7. The van der Waals surface area contributed by atoms with E-state index in [-0.39, 0.29) is 17.7 Å². The number of hydrogen-bond acceptors (Lipinski definition) is 5. The van der Waals surface area contributed by atoms with Gasteiger partial charge in [0.25, 0.3) is 0 Å². The Balaban J connectivity index is 1.50. The third kappa shape index (κ3) is 4.65. The minimum absolute atomic E-state index is 0.00578. The van der Waals surface area contributed by atoms with Crippen molar-refractivity contribution < 1.29 is 14.1 Å². The van der Waals surface area contributed by atoms with Crippen LogP contribution in [0.15, 0.2) is 34.9 Å². The summed E-state index contributed by atoms with van der Waals surface area (Å²) < 4.78 is 5.23. The van der Waals surface area contributed by atoms with Crippen molar-refractivity contribution in [2.45, 2.75) is 32.1 Å². The van der Waals surface area contributed by atoms with E-state index in [9.17, 15) is 9.59 Å². The lowest BCUT2D eigenvalue weighted by atomic mass is 9.97. The van der Waals surface area contributed by atoms with Gasteiger partial charge in [-0.25, -0.2) is 0 Å². The van der Waals surface area contributed by atoms with Crippen molar-refractivity contribution in [1.29, 1.82) is 0 Å².